The smallest absolute Gasteiger partial charge is 0.338 e. The summed E-state index contributed by atoms with van der Waals surface area (Å²) in [7, 11) is 0. The minimum atomic E-state index is -0.726. The maximum atomic E-state index is 13.1. The molecule has 1 aromatic carbocycles. The molecule has 0 saturated carbocycles. The molecule has 186 valence electrons. The first kappa shape index (κ1) is 23.9. The number of hydrogen-bond donors (Lipinski definition) is 2. The average molecular weight is 526 g/mol. The molecule has 3 aromatic rings. The lowest BCUT2D eigenvalue weighted by atomic mass is 9.95. The van der Waals surface area contributed by atoms with Gasteiger partial charge in [-0.2, -0.15) is 0 Å². The van der Waals surface area contributed by atoms with Gasteiger partial charge in [0.2, 0.25) is 6.79 Å². The summed E-state index contributed by atoms with van der Waals surface area (Å²) in [5.74, 6) is 1.65. The number of carbonyl (C=O) groups is 2. The minimum absolute atomic E-state index is 0.124. The highest BCUT2D eigenvalue weighted by Gasteiger charge is 2.35. The summed E-state index contributed by atoms with van der Waals surface area (Å²) in [4.78, 5) is 26.7. The van der Waals surface area contributed by atoms with Crippen molar-refractivity contribution in [2.75, 3.05) is 19.2 Å². The van der Waals surface area contributed by atoms with Crippen LogP contribution in [0.4, 0.5) is 4.79 Å². The lowest BCUT2D eigenvalue weighted by Crippen LogP contribution is -2.46. The van der Waals surface area contributed by atoms with Gasteiger partial charge < -0.3 is 24.8 Å². The van der Waals surface area contributed by atoms with Crippen LogP contribution in [0.25, 0.3) is 10.7 Å². The van der Waals surface area contributed by atoms with Crippen molar-refractivity contribution in [3.8, 4) is 22.2 Å². The molecule has 0 fully saturated rings. The largest absolute Gasteiger partial charge is 0.463 e. The van der Waals surface area contributed by atoms with Gasteiger partial charge in [0.15, 0.2) is 22.5 Å². The van der Waals surface area contributed by atoms with Crippen molar-refractivity contribution in [2.24, 2.45) is 0 Å². The summed E-state index contributed by atoms with van der Waals surface area (Å²) < 4.78 is 18.2. The molecule has 10 nitrogen and oxygen atoms in total. The zero-order valence-electron chi connectivity index (χ0n) is 19.4. The Bertz CT molecular complexity index is 1330. The number of fused-ring (bicyclic) bond motifs is 1. The fourth-order valence-electron chi connectivity index (χ4n) is 3.94. The molecule has 5 rings (SSSR count). The van der Waals surface area contributed by atoms with Gasteiger partial charge in [-0.1, -0.05) is 30.0 Å². The Morgan fingerprint density at radius 3 is 2.97 bits per heavy atom. The van der Waals surface area contributed by atoms with Crippen LogP contribution in [-0.4, -0.2) is 45.9 Å². The molecular formula is C24H23N5O5S2. The molecule has 36 heavy (non-hydrogen) atoms. The third-order valence-electron chi connectivity index (χ3n) is 5.49. The molecule has 1 atom stereocenters. The van der Waals surface area contributed by atoms with Crippen molar-refractivity contribution in [3.63, 3.8) is 0 Å². The van der Waals surface area contributed by atoms with Crippen LogP contribution >= 0.6 is 23.1 Å². The molecule has 2 aromatic heterocycles. The second-order valence-electron chi connectivity index (χ2n) is 7.73. The van der Waals surface area contributed by atoms with Crippen LogP contribution in [0.15, 0.2) is 64.8 Å². The Labute approximate surface area is 215 Å². The molecule has 12 heteroatoms. The Balaban J connectivity index is 1.49. The van der Waals surface area contributed by atoms with Gasteiger partial charge in [0.25, 0.3) is 0 Å². The highest BCUT2D eigenvalue weighted by Crippen LogP contribution is 2.38. The molecule has 0 radical (unpaired) electrons. The SMILES string of the molecule is C=CCn1c(SCC2=C(C(=O)OCC)C(c3ccc4c(c3)OCO4)NC(=O)N2)nnc1-c1cccs1. The number of esters is 1. The molecule has 4 heterocycles. The van der Waals surface area contributed by atoms with E-state index in [4.69, 9.17) is 14.2 Å². The first-order valence-electron chi connectivity index (χ1n) is 11.2. The number of hydrogen-bond acceptors (Lipinski definition) is 9. The van der Waals surface area contributed by atoms with Crippen LogP contribution in [-0.2, 0) is 16.1 Å². The Morgan fingerprint density at radius 1 is 1.33 bits per heavy atom. The number of amides is 2. The van der Waals surface area contributed by atoms with Crippen molar-refractivity contribution >= 4 is 35.1 Å². The number of nitrogens with zero attached hydrogens (tertiary/aromatic N) is 3. The lowest BCUT2D eigenvalue weighted by molar-refractivity contribution is -0.139. The predicted molar refractivity (Wildman–Crippen MR) is 135 cm³/mol. The van der Waals surface area contributed by atoms with Gasteiger partial charge in [-0.15, -0.1) is 28.1 Å². The Kier molecular flexibility index (Phi) is 6.96. The number of carbonyl (C=O) groups excluding carboxylic acids is 2. The monoisotopic (exact) mass is 525 g/mol. The number of thiophene rings is 1. The number of ether oxygens (including phenoxy) is 3. The van der Waals surface area contributed by atoms with Crippen molar-refractivity contribution in [1.29, 1.82) is 0 Å². The summed E-state index contributed by atoms with van der Waals surface area (Å²) >= 11 is 2.93. The van der Waals surface area contributed by atoms with E-state index in [1.807, 2.05) is 22.1 Å². The van der Waals surface area contributed by atoms with E-state index in [1.165, 1.54) is 11.8 Å². The number of allylic oxidation sites excluding steroid dienone is 1. The van der Waals surface area contributed by atoms with E-state index in [-0.39, 0.29) is 19.2 Å². The third kappa shape index (κ3) is 4.69. The second-order valence-corrected chi connectivity index (χ2v) is 9.62. The number of nitrogens with one attached hydrogen (secondary N) is 2. The van der Waals surface area contributed by atoms with Crippen LogP contribution in [0.1, 0.15) is 18.5 Å². The maximum absolute atomic E-state index is 13.1. The number of thioether (sulfide) groups is 1. The van der Waals surface area contributed by atoms with Gasteiger partial charge in [-0.25, -0.2) is 9.59 Å². The average Bonchev–Trinajstić information content (AvgIpc) is 3.63. The van der Waals surface area contributed by atoms with Gasteiger partial charge >= 0.3 is 12.0 Å². The summed E-state index contributed by atoms with van der Waals surface area (Å²) in [5, 5.41) is 17.0. The number of urea groups is 1. The van der Waals surface area contributed by atoms with E-state index >= 15 is 0 Å². The van der Waals surface area contributed by atoms with Crippen LogP contribution in [0.3, 0.4) is 0 Å². The minimum Gasteiger partial charge on any atom is -0.463 e. The predicted octanol–water partition coefficient (Wildman–Crippen LogP) is 3.88. The van der Waals surface area contributed by atoms with Gasteiger partial charge in [0.05, 0.1) is 23.1 Å². The van der Waals surface area contributed by atoms with Gasteiger partial charge in [0, 0.05) is 18.0 Å². The zero-order chi connectivity index (χ0) is 25.1. The van der Waals surface area contributed by atoms with Gasteiger partial charge in [-0.05, 0) is 36.1 Å². The molecule has 1 unspecified atom stereocenters. The lowest BCUT2D eigenvalue weighted by Gasteiger charge is -2.29. The number of aromatic nitrogens is 3. The highest BCUT2D eigenvalue weighted by molar-refractivity contribution is 7.99. The van der Waals surface area contributed by atoms with E-state index in [0.717, 1.165) is 10.7 Å². The van der Waals surface area contributed by atoms with Crippen LogP contribution in [0.2, 0.25) is 0 Å². The molecule has 2 amide bonds. The maximum Gasteiger partial charge on any atom is 0.338 e. The summed E-state index contributed by atoms with van der Waals surface area (Å²) in [6.45, 7) is 6.42. The zero-order valence-corrected chi connectivity index (χ0v) is 21.0. The van der Waals surface area contributed by atoms with Gasteiger partial charge in [-0.3, -0.25) is 4.57 Å². The molecule has 0 bridgehead atoms. The molecule has 0 spiro atoms. The van der Waals surface area contributed by atoms with E-state index in [1.54, 1.807) is 42.5 Å². The first-order valence-corrected chi connectivity index (χ1v) is 13.0. The first-order chi connectivity index (χ1) is 17.6. The molecule has 0 saturated heterocycles. The van der Waals surface area contributed by atoms with E-state index in [0.29, 0.717) is 40.0 Å². The number of benzene rings is 1. The third-order valence-corrected chi connectivity index (χ3v) is 7.35. The summed E-state index contributed by atoms with van der Waals surface area (Å²) in [6, 6.07) is 8.10. The van der Waals surface area contributed by atoms with E-state index in [9.17, 15) is 9.59 Å². The Morgan fingerprint density at radius 2 is 2.19 bits per heavy atom. The second kappa shape index (κ2) is 10.5. The van der Waals surface area contributed by atoms with E-state index < -0.39 is 18.0 Å². The Hall–Kier alpha value is -3.77. The highest BCUT2D eigenvalue weighted by atomic mass is 32.2. The quantitative estimate of drug-likeness (QED) is 0.246. The molecule has 2 N–H and O–H groups in total. The fraction of sp³-hybridized carbons (Fsp3) is 0.250. The van der Waals surface area contributed by atoms with Crippen molar-refractivity contribution < 1.29 is 23.8 Å². The number of rotatable bonds is 9. The van der Waals surface area contributed by atoms with E-state index in [2.05, 4.69) is 27.4 Å². The normalized spacial score (nSPS) is 16.5. The summed E-state index contributed by atoms with van der Waals surface area (Å²) in [6.07, 6.45) is 1.77. The van der Waals surface area contributed by atoms with Crippen LogP contribution in [0, 0.1) is 0 Å². The van der Waals surface area contributed by atoms with Crippen molar-refractivity contribution in [2.45, 2.75) is 24.7 Å². The topological polar surface area (TPSA) is 117 Å². The van der Waals surface area contributed by atoms with Crippen molar-refractivity contribution in [3.05, 3.63) is 65.2 Å². The molecular weight excluding hydrogens is 502 g/mol. The van der Waals surface area contributed by atoms with Crippen LogP contribution < -0.4 is 20.1 Å². The summed E-state index contributed by atoms with van der Waals surface area (Å²) in [5.41, 5.74) is 1.43. The molecule has 0 aliphatic carbocycles. The van der Waals surface area contributed by atoms with Crippen molar-refractivity contribution in [1.82, 2.24) is 25.4 Å². The fourth-order valence-corrected chi connectivity index (χ4v) is 5.57. The van der Waals surface area contributed by atoms with Crippen LogP contribution in [0.5, 0.6) is 11.5 Å². The molecule has 2 aliphatic rings. The van der Waals surface area contributed by atoms with Gasteiger partial charge in [0.1, 0.15) is 0 Å². The molecule has 2 aliphatic heterocycles. The standard InChI is InChI=1S/C24H23N5O5S2/c1-3-9-29-21(18-6-5-10-35-18)27-28-24(29)36-12-15-19(22(30)32-4-2)20(26-23(31)25-15)14-7-8-16-17(11-14)34-13-33-16/h3,5-8,10-11,20H,1,4,9,12-13H2,2H3,(H2,25,26,31).